The number of rotatable bonds is 7. The van der Waals surface area contributed by atoms with Crippen LogP contribution in [0.5, 0.6) is 0 Å². The van der Waals surface area contributed by atoms with E-state index in [-0.39, 0.29) is 11.6 Å². The highest BCUT2D eigenvalue weighted by atomic mass is 19.4. The Morgan fingerprint density at radius 3 is 2.36 bits per heavy atom. The van der Waals surface area contributed by atoms with Gasteiger partial charge in [0.1, 0.15) is 0 Å². The Bertz CT molecular complexity index is 1140. The van der Waals surface area contributed by atoms with Crippen molar-refractivity contribution in [2.75, 3.05) is 18.9 Å². The molecule has 8 heteroatoms. The number of alkyl halides is 3. The minimum atomic E-state index is -4.49. The number of hydrogen-bond donors (Lipinski definition) is 1. The van der Waals surface area contributed by atoms with Gasteiger partial charge in [-0.05, 0) is 43.2 Å². The number of nitrogens with zero attached hydrogens (tertiary/aromatic N) is 2. The third-order valence-electron chi connectivity index (χ3n) is 5.54. The van der Waals surface area contributed by atoms with E-state index in [2.05, 4.69) is 5.32 Å². The SMILES string of the molecule is CC(=O)N(C)CCCn1c(-c2ccccc2)cc(C(=O)Nc2cccc(C(F)(F)F)c2)c1C. The van der Waals surface area contributed by atoms with E-state index in [1.165, 1.54) is 19.1 Å². The van der Waals surface area contributed by atoms with E-state index in [0.717, 1.165) is 23.4 Å². The van der Waals surface area contributed by atoms with E-state index in [1.807, 2.05) is 41.8 Å². The lowest BCUT2D eigenvalue weighted by Gasteiger charge is -2.17. The van der Waals surface area contributed by atoms with Gasteiger partial charge >= 0.3 is 6.18 Å². The Morgan fingerprint density at radius 1 is 1.03 bits per heavy atom. The molecule has 2 amide bonds. The minimum Gasteiger partial charge on any atom is -0.346 e. The topological polar surface area (TPSA) is 54.3 Å². The predicted octanol–water partition coefficient (Wildman–Crippen LogP) is 5.60. The Kier molecular flexibility index (Phi) is 7.26. The smallest absolute Gasteiger partial charge is 0.346 e. The zero-order valence-corrected chi connectivity index (χ0v) is 18.7. The van der Waals surface area contributed by atoms with Gasteiger partial charge in [0.05, 0.1) is 11.1 Å². The van der Waals surface area contributed by atoms with Crippen LogP contribution in [0.1, 0.15) is 35.0 Å². The van der Waals surface area contributed by atoms with Crippen molar-refractivity contribution in [1.82, 2.24) is 9.47 Å². The highest BCUT2D eigenvalue weighted by Gasteiger charge is 2.30. The molecule has 0 saturated carbocycles. The molecule has 2 aromatic carbocycles. The lowest BCUT2D eigenvalue weighted by molar-refractivity contribution is -0.137. The molecule has 0 unspecified atom stereocenters. The summed E-state index contributed by atoms with van der Waals surface area (Å²) in [6.45, 7) is 4.45. The molecule has 1 heterocycles. The van der Waals surface area contributed by atoms with Gasteiger partial charge in [-0.3, -0.25) is 9.59 Å². The second kappa shape index (κ2) is 9.94. The van der Waals surface area contributed by atoms with Crippen LogP contribution in [0, 0.1) is 6.92 Å². The van der Waals surface area contributed by atoms with Gasteiger partial charge in [-0.25, -0.2) is 0 Å². The molecule has 1 N–H and O–H groups in total. The van der Waals surface area contributed by atoms with E-state index < -0.39 is 17.6 Å². The molecule has 0 spiro atoms. The molecular formula is C25H26F3N3O2. The lowest BCUT2D eigenvalue weighted by Crippen LogP contribution is -2.25. The first-order valence-corrected chi connectivity index (χ1v) is 10.5. The lowest BCUT2D eigenvalue weighted by atomic mass is 10.1. The van der Waals surface area contributed by atoms with Gasteiger partial charge in [-0.1, -0.05) is 36.4 Å². The molecule has 3 aromatic rings. The molecule has 1 aromatic heterocycles. The summed E-state index contributed by atoms with van der Waals surface area (Å²) in [7, 11) is 1.73. The summed E-state index contributed by atoms with van der Waals surface area (Å²) in [6, 6.07) is 15.9. The standard InChI is InChI=1S/C25H26F3N3O2/c1-17-22(24(33)29-21-12-7-11-20(15-21)25(26,27)28)16-23(19-9-5-4-6-10-19)31(17)14-8-13-30(3)18(2)32/h4-7,9-12,15-16H,8,13-14H2,1-3H3,(H,29,33). The van der Waals surface area contributed by atoms with Crippen LogP contribution in [0.3, 0.4) is 0 Å². The van der Waals surface area contributed by atoms with Crippen molar-refractivity contribution in [2.24, 2.45) is 0 Å². The van der Waals surface area contributed by atoms with Gasteiger partial charge in [0.2, 0.25) is 5.91 Å². The highest BCUT2D eigenvalue weighted by molar-refractivity contribution is 6.06. The molecule has 0 aliphatic carbocycles. The van der Waals surface area contributed by atoms with Gasteiger partial charge in [0.25, 0.3) is 5.91 Å². The number of halogens is 3. The van der Waals surface area contributed by atoms with Crippen LogP contribution in [0.4, 0.5) is 18.9 Å². The number of carbonyl (C=O) groups is 2. The van der Waals surface area contributed by atoms with Gasteiger partial charge in [0, 0.05) is 44.1 Å². The molecule has 174 valence electrons. The number of amides is 2. The van der Waals surface area contributed by atoms with Crippen LogP contribution < -0.4 is 5.32 Å². The Balaban J connectivity index is 1.90. The van der Waals surface area contributed by atoms with Crippen molar-refractivity contribution < 1.29 is 22.8 Å². The maximum Gasteiger partial charge on any atom is 0.416 e. The molecule has 0 bridgehead atoms. The fraction of sp³-hybridized carbons (Fsp3) is 0.280. The molecular weight excluding hydrogens is 431 g/mol. The molecule has 33 heavy (non-hydrogen) atoms. The van der Waals surface area contributed by atoms with Crippen LogP contribution >= 0.6 is 0 Å². The average Bonchev–Trinajstić information content (AvgIpc) is 3.10. The fourth-order valence-corrected chi connectivity index (χ4v) is 3.61. The monoisotopic (exact) mass is 457 g/mol. The van der Waals surface area contributed by atoms with Crippen LogP contribution in [-0.2, 0) is 17.5 Å². The van der Waals surface area contributed by atoms with E-state index in [4.69, 9.17) is 0 Å². The number of carbonyl (C=O) groups excluding carboxylic acids is 2. The van der Waals surface area contributed by atoms with Crippen molar-refractivity contribution in [3.05, 3.63) is 77.5 Å². The van der Waals surface area contributed by atoms with E-state index in [1.54, 1.807) is 18.0 Å². The third-order valence-corrected chi connectivity index (χ3v) is 5.54. The second-order valence-corrected chi connectivity index (χ2v) is 7.87. The third kappa shape index (κ3) is 5.83. The normalized spacial score (nSPS) is 11.3. The average molecular weight is 457 g/mol. The van der Waals surface area contributed by atoms with Crippen LogP contribution in [0.25, 0.3) is 11.3 Å². The number of nitrogens with one attached hydrogen (secondary N) is 1. The zero-order chi connectivity index (χ0) is 24.2. The van der Waals surface area contributed by atoms with Gasteiger partial charge < -0.3 is 14.8 Å². The first-order valence-electron chi connectivity index (χ1n) is 10.5. The molecule has 0 fully saturated rings. The van der Waals surface area contributed by atoms with Crippen molar-refractivity contribution in [1.29, 1.82) is 0 Å². The summed E-state index contributed by atoms with van der Waals surface area (Å²) in [5.74, 6) is -0.507. The van der Waals surface area contributed by atoms with Gasteiger partial charge in [-0.15, -0.1) is 0 Å². The van der Waals surface area contributed by atoms with Crippen molar-refractivity contribution in [2.45, 2.75) is 33.0 Å². The van der Waals surface area contributed by atoms with E-state index in [9.17, 15) is 22.8 Å². The largest absolute Gasteiger partial charge is 0.416 e. The van der Waals surface area contributed by atoms with Gasteiger partial charge in [0.15, 0.2) is 0 Å². The molecule has 5 nitrogen and oxygen atoms in total. The van der Waals surface area contributed by atoms with E-state index in [0.29, 0.717) is 30.8 Å². The minimum absolute atomic E-state index is 0.0244. The molecule has 0 aliphatic heterocycles. The molecule has 3 rings (SSSR count). The van der Waals surface area contributed by atoms with Crippen molar-refractivity contribution >= 4 is 17.5 Å². The molecule has 0 atom stereocenters. The summed E-state index contributed by atoms with van der Waals surface area (Å²) >= 11 is 0. The van der Waals surface area contributed by atoms with Crippen LogP contribution in [0.2, 0.25) is 0 Å². The van der Waals surface area contributed by atoms with Crippen LogP contribution in [0.15, 0.2) is 60.7 Å². The maximum atomic E-state index is 13.0. The first kappa shape index (κ1) is 24.1. The summed E-state index contributed by atoms with van der Waals surface area (Å²) in [5, 5.41) is 2.59. The molecule has 0 aliphatic rings. The molecule has 0 radical (unpaired) electrons. The molecule has 0 saturated heterocycles. The number of hydrogen-bond acceptors (Lipinski definition) is 2. The maximum absolute atomic E-state index is 13.0. The number of anilines is 1. The highest BCUT2D eigenvalue weighted by Crippen LogP contribution is 2.31. The first-order chi connectivity index (χ1) is 15.6. The zero-order valence-electron chi connectivity index (χ0n) is 18.7. The quantitative estimate of drug-likeness (QED) is 0.502. The van der Waals surface area contributed by atoms with Crippen molar-refractivity contribution in [3.8, 4) is 11.3 Å². The summed E-state index contributed by atoms with van der Waals surface area (Å²) in [5.41, 5.74) is 2.07. The Labute approximate surface area is 190 Å². The number of aromatic nitrogens is 1. The van der Waals surface area contributed by atoms with Crippen LogP contribution in [-0.4, -0.2) is 34.9 Å². The Morgan fingerprint density at radius 2 is 1.73 bits per heavy atom. The van der Waals surface area contributed by atoms with Crippen molar-refractivity contribution in [3.63, 3.8) is 0 Å². The summed E-state index contributed by atoms with van der Waals surface area (Å²) in [6.07, 6.45) is -3.81. The van der Waals surface area contributed by atoms with Gasteiger partial charge in [-0.2, -0.15) is 13.2 Å². The fourth-order valence-electron chi connectivity index (χ4n) is 3.61. The Hall–Kier alpha value is -3.55. The summed E-state index contributed by atoms with van der Waals surface area (Å²) < 4.78 is 41.1. The summed E-state index contributed by atoms with van der Waals surface area (Å²) in [4.78, 5) is 26.1. The number of benzene rings is 2. The predicted molar refractivity (Wildman–Crippen MR) is 122 cm³/mol. The van der Waals surface area contributed by atoms with E-state index >= 15 is 0 Å². The second-order valence-electron chi connectivity index (χ2n) is 7.87.